The third kappa shape index (κ3) is 3.48. The number of piperazine rings is 1. The first-order chi connectivity index (χ1) is 12.4. The largest absolute Gasteiger partial charge is 0.467 e. The van der Waals surface area contributed by atoms with Crippen LogP contribution in [0.2, 0.25) is 0 Å². The summed E-state index contributed by atoms with van der Waals surface area (Å²) in [6.07, 6.45) is 2.95. The first-order valence-electron chi connectivity index (χ1n) is 7.77. The molecule has 10 heteroatoms. The molecule has 3 heterocycles. The number of thiophene rings is 1. The molecule has 8 nitrogen and oxygen atoms in total. The molecule has 2 aromatic heterocycles. The molecule has 1 saturated heterocycles. The van der Waals surface area contributed by atoms with E-state index >= 15 is 0 Å². The Labute approximate surface area is 155 Å². The predicted octanol–water partition coefficient (Wildman–Crippen LogP) is 0.831. The van der Waals surface area contributed by atoms with Gasteiger partial charge in [-0.2, -0.15) is 4.31 Å². The summed E-state index contributed by atoms with van der Waals surface area (Å²) in [7, 11) is -2.50. The second kappa shape index (κ2) is 7.52. The molecule has 1 fully saturated rings. The SMILES string of the molecule is COC(=O)[C@H]1CN(S(=O)(=O)c2cccs2)CCN1C(=O)c1cccnc1. The number of ether oxygens (including phenoxy) is 1. The van der Waals surface area contributed by atoms with Gasteiger partial charge in [0, 0.05) is 32.0 Å². The maximum atomic E-state index is 12.7. The van der Waals surface area contributed by atoms with Gasteiger partial charge in [0.25, 0.3) is 15.9 Å². The number of methoxy groups -OCH3 is 1. The molecular weight excluding hydrogens is 378 g/mol. The van der Waals surface area contributed by atoms with Crippen molar-refractivity contribution < 1.29 is 22.7 Å². The lowest BCUT2D eigenvalue weighted by atomic mass is 10.1. The van der Waals surface area contributed by atoms with E-state index in [-0.39, 0.29) is 29.8 Å². The second-order valence-corrected chi connectivity index (χ2v) is 8.69. The molecule has 138 valence electrons. The molecule has 1 aliphatic heterocycles. The molecule has 1 atom stereocenters. The predicted molar refractivity (Wildman–Crippen MR) is 94.2 cm³/mol. The Morgan fingerprint density at radius 3 is 2.69 bits per heavy atom. The summed E-state index contributed by atoms with van der Waals surface area (Å²) in [5, 5.41) is 1.67. The van der Waals surface area contributed by atoms with Crippen LogP contribution < -0.4 is 0 Å². The van der Waals surface area contributed by atoms with Gasteiger partial charge in [0.05, 0.1) is 12.7 Å². The van der Waals surface area contributed by atoms with Crippen molar-refractivity contribution in [3.63, 3.8) is 0 Å². The van der Waals surface area contributed by atoms with Gasteiger partial charge in [0.1, 0.15) is 10.3 Å². The Hall–Kier alpha value is -2.30. The molecule has 1 aliphatic rings. The van der Waals surface area contributed by atoms with Gasteiger partial charge in [-0.3, -0.25) is 9.78 Å². The summed E-state index contributed by atoms with van der Waals surface area (Å²) in [6, 6.07) is 5.37. The van der Waals surface area contributed by atoms with E-state index in [9.17, 15) is 18.0 Å². The van der Waals surface area contributed by atoms with E-state index in [1.165, 1.54) is 28.6 Å². The highest BCUT2D eigenvalue weighted by Gasteiger charge is 2.41. The topological polar surface area (TPSA) is 96.9 Å². The van der Waals surface area contributed by atoms with Crippen LogP contribution in [0.4, 0.5) is 0 Å². The molecule has 3 rings (SSSR count). The van der Waals surface area contributed by atoms with E-state index in [1.807, 2.05) is 0 Å². The molecular formula is C16H17N3O5S2. The summed E-state index contributed by atoms with van der Waals surface area (Å²) >= 11 is 1.11. The van der Waals surface area contributed by atoms with Crippen LogP contribution in [0.15, 0.2) is 46.2 Å². The molecule has 0 radical (unpaired) electrons. The smallest absolute Gasteiger partial charge is 0.329 e. The highest BCUT2D eigenvalue weighted by atomic mass is 32.2. The van der Waals surface area contributed by atoms with Gasteiger partial charge in [0.15, 0.2) is 0 Å². The van der Waals surface area contributed by atoms with E-state index in [2.05, 4.69) is 4.98 Å². The number of hydrogen-bond donors (Lipinski definition) is 0. The quantitative estimate of drug-likeness (QED) is 0.712. The molecule has 0 N–H and O–H groups in total. The van der Waals surface area contributed by atoms with Crippen LogP contribution in [-0.4, -0.2) is 67.3 Å². The summed E-state index contributed by atoms with van der Waals surface area (Å²) in [6.45, 7) is 0.0245. The van der Waals surface area contributed by atoms with Crippen molar-refractivity contribution in [1.82, 2.24) is 14.2 Å². The second-order valence-electron chi connectivity index (χ2n) is 5.57. The summed E-state index contributed by atoms with van der Waals surface area (Å²) in [5.74, 6) is -1.05. The van der Waals surface area contributed by atoms with Gasteiger partial charge >= 0.3 is 5.97 Å². The van der Waals surface area contributed by atoms with Crippen molar-refractivity contribution in [1.29, 1.82) is 0 Å². The number of sulfonamides is 1. The lowest BCUT2D eigenvalue weighted by molar-refractivity contribution is -0.147. The monoisotopic (exact) mass is 395 g/mol. The first kappa shape index (κ1) is 18.5. The standard InChI is InChI=1S/C16H17N3O5S2/c1-24-16(21)13-11-18(26(22,23)14-5-3-9-25-14)7-8-19(13)15(20)12-4-2-6-17-10-12/h2-6,9-10,13H,7-8,11H2,1H3/t13-/m1/s1. The van der Waals surface area contributed by atoms with Crippen molar-refractivity contribution in [3.05, 3.63) is 47.6 Å². The maximum Gasteiger partial charge on any atom is 0.329 e. The lowest BCUT2D eigenvalue weighted by Gasteiger charge is -2.38. The van der Waals surface area contributed by atoms with E-state index in [0.29, 0.717) is 5.56 Å². The highest BCUT2D eigenvalue weighted by Crippen LogP contribution is 2.24. The average Bonchev–Trinajstić information content (AvgIpc) is 3.22. The van der Waals surface area contributed by atoms with Crippen molar-refractivity contribution in [3.8, 4) is 0 Å². The third-order valence-electron chi connectivity index (χ3n) is 4.07. The molecule has 1 amide bonds. The molecule has 0 aliphatic carbocycles. The van der Waals surface area contributed by atoms with Gasteiger partial charge < -0.3 is 9.64 Å². The van der Waals surface area contributed by atoms with Gasteiger partial charge in [0.2, 0.25) is 0 Å². The van der Waals surface area contributed by atoms with E-state index in [4.69, 9.17) is 4.74 Å². The number of amides is 1. The van der Waals surface area contributed by atoms with Crippen molar-refractivity contribution in [2.24, 2.45) is 0 Å². The van der Waals surface area contributed by atoms with Crippen LogP contribution in [0.1, 0.15) is 10.4 Å². The Morgan fingerprint density at radius 2 is 2.08 bits per heavy atom. The summed E-state index contributed by atoms with van der Waals surface area (Å²) in [4.78, 5) is 30.2. The van der Waals surface area contributed by atoms with E-state index in [0.717, 1.165) is 11.3 Å². The number of aromatic nitrogens is 1. The van der Waals surface area contributed by atoms with Crippen LogP contribution >= 0.6 is 11.3 Å². The van der Waals surface area contributed by atoms with Crippen molar-refractivity contribution >= 4 is 33.2 Å². The molecule has 0 bridgehead atoms. The van der Waals surface area contributed by atoms with Crippen LogP contribution in [-0.2, 0) is 19.6 Å². The zero-order valence-corrected chi connectivity index (χ0v) is 15.6. The number of hydrogen-bond acceptors (Lipinski definition) is 7. The fraction of sp³-hybridized carbons (Fsp3) is 0.312. The van der Waals surface area contributed by atoms with Crippen molar-refractivity contribution in [2.75, 3.05) is 26.7 Å². The zero-order chi connectivity index (χ0) is 18.7. The lowest BCUT2D eigenvalue weighted by Crippen LogP contribution is -2.59. The number of rotatable bonds is 4. The molecule has 0 unspecified atom stereocenters. The van der Waals surface area contributed by atoms with Gasteiger partial charge in [-0.25, -0.2) is 13.2 Å². The Kier molecular flexibility index (Phi) is 5.35. The fourth-order valence-electron chi connectivity index (χ4n) is 2.75. The zero-order valence-electron chi connectivity index (χ0n) is 13.9. The minimum Gasteiger partial charge on any atom is -0.467 e. The van der Waals surface area contributed by atoms with E-state index < -0.39 is 22.0 Å². The van der Waals surface area contributed by atoms with Crippen LogP contribution in [0.5, 0.6) is 0 Å². The Morgan fingerprint density at radius 1 is 1.27 bits per heavy atom. The summed E-state index contributed by atoms with van der Waals surface area (Å²) in [5.41, 5.74) is 0.330. The molecule has 0 spiro atoms. The number of carbonyl (C=O) groups is 2. The van der Waals surface area contributed by atoms with Crippen LogP contribution in [0.3, 0.4) is 0 Å². The normalized spacial score (nSPS) is 18.5. The fourth-order valence-corrected chi connectivity index (χ4v) is 5.33. The molecule has 0 saturated carbocycles. The van der Waals surface area contributed by atoms with Crippen molar-refractivity contribution in [2.45, 2.75) is 10.3 Å². The van der Waals surface area contributed by atoms with Gasteiger partial charge in [-0.05, 0) is 23.6 Å². The Balaban J connectivity index is 1.87. The summed E-state index contributed by atoms with van der Waals surface area (Å²) < 4.78 is 31.7. The van der Waals surface area contributed by atoms with Gasteiger partial charge in [-0.15, -0.1) is 11.3 Å². The number of pyridine rings is 1. The van der Waals surface area contributed by atoms with Gasteiger partial charge in [-0.1, -0.05) is 6.07 Å². The highest BCUT2D eigenvalue weighted by molar-refractivity contribution is 7.91. The van der Waals surface area contributed by atoms with E-state index in [1.54, 1.807) is 29.8 Å². The minimum atomic E-state index is -3.71. The minimum absolute atomic E-state index is 0.0814. The number of nitrogens with zero attached hydrogens (tertiary/aromatic N) is 3. The number of esters is 1. The first-order valence-corrected chi connectivity index (χ1v) is 10.1. The Bertz CT molecular complexity index is 884. The average molecular weight is 395 g/mol. The third-order valence-corrected chi connectivity index (χ3v) is 7.31. The van der Waals surface area contributed by atoms with Crippen LogP contribution in [0, 0.1) is 0 Å². The maximum absolute atomic E-state index is 12.7. The number of carbonyl (C=O) groups excluding carboxylic acids is 2. The molecule has 0 aromatic carbocycles. The van der Waals surface area contributed by atoms with Crippen LogP contribution in [0.25, 0.3) is 0 Å². The molecule has 26 heavy (non-hydrogen) atoms. The molecule has 2 aromatic rings.